The summed E-state index contributed by atoms with van der Waals surface area (Å²) in [5.41, 5.74) is 0.370. The highest BCUT2D eigenvalue weighted by Gasteiger charge is 2.22. The number of hydrogen-bond donors (Lipinski definition) is 1. The van der Waals surface area contributed by atoms with Crippen molar-refractivity contribution in [3.8, 4) is 0 Å². The highest BCUT2D eigenvalue weighted by atomic mass is 79.9. The average molecular weight is 349 g/mol. The number of nitrogens with zero attached hydrogens (tertiary/aromatic N) is 1. The fraction of sp³-hybridized carbons (Fsp3) is 0.385. The van der Waals surface area contributed by atoms with Crippen molar-refractivity contribution in [3.05, 3.63) is 33.3 Å². The zero-order valence-electron chi connectivity index (χ0n) is 10.7. The predicted octanol–water partition coefficient (Wildman–Crippen LogP) is 3.43. The van der Waals surface area contributed by atoms with Crippen LogP contribution >= 0.6 is 27.5 Å². The van der Waals surface area contributed by atoms with Gasteiger partial charge in [0.15, 0.2) is 0 Å². The number of rotatable bonds is 5. The molecule has 0 aromatic heterocycles. The Morgan fingerprint density at radius 1 is 1.42 bits per heavy atom. The van der Waals surface area contributed by atoms with E-state index in [0.717, 1.165) is 0 Å². The normalized spacial score (nSPS) is 10.6. The van der Waals surface area contributed by atoms with Gasteiger partial charge < -0.3 is 10.0 Å². The van der Waals surface area contributed by atoms with Crippen LogP contribution in [0.2, 0.25) is 5.02 Å². The van der Waals surface area contributed by atoms with Gasteiger partial charge in [-0.3, -0.25) is 9.59 Å². The topological polar surface area (TPSA) is 57.6 Å². The SMILES string of the molecule is CC(C)N(CCC(=O)O)C(=O)c1cccc(Br)c1Cl. The van der Waals surface area contributed by atoms with Crippen molar-refractivity contribution in [1.82, 2.24) is 4.90 Å². The van der Waals surface area contributed by atoms with Gasteiger partial charge in [-0.25, -0.2) is 0 Å². The number of benzene rings is 1. The first-order chi connectivity index (χ1) is 8.84. The fourth-order valence-electron chi connectivity index (χ4n) is 1.63. The fourth-order valence-corrected chi connectivity index (χ4v) is 2.21. The van der Waals surface area contributed by atoms with Crippen LogP contribution in [0, 0.1) is 0 Å². The Hall–Kier alpha value is -1.07. The quantitative estimate of drug-likeness (QED) is 0.887. The molecule has 1 aromatic rings. The van der Waals surface area contributed by atoms with Crippen molar-refractivity contribution < 1.29 is 14.7 Å². The largest absolute Gasteiger partial charge is 0.481 e. The lowest BCUT2D eigenvalue weighted by molar-refractivity contribution is -0.137. The molecule has 0 unspecified atom stereocenters. The van der Waals surface area contributed by atoms with Crippen LogP contribution in [0.15, 0.2) is 22.7 Å². The smallest absolute Gasteiger partial charge is 0.305 e. The van der Waals surface area contributed by atoms with Gasteiger partial charge in [0.25, 0.3) is 5.91 Å². The van der Waals surface area contributed by atoms with Crippen molar-refractivity contribution in [2.45, 2.75) is 26.3 Å². The Labute approximate surface area is 125 Å². The molecule has 104 valence electrons. The van der Waals surface area contributed by atoms with Crippen LogP contribution in [0.1, 0.15) is 30.6 Å². The van der Waals surface area contributed by atoms with Crippen LogP contribution in [0.3, 0.4) is 0 Å². The first-order valence-electron chi connectivity index (χ1n) is 5.81. The summed E-state index contributed by atoms with van der Waals surface area (Å²) in [6.07, 6.45) is -0.0878. The molecule has 1 N–H and O–H groups in total. The minimum atomic E-state index is -0.932. The van der Waals surface area contributed by atoms with E-state index >= 15 is 0 Å². The van der Waals surface area contributed by atoms with Gasteiger partial charge in [0.2, 0.25) is 0 Å². The molecule has 0 bridgehead atoms. The molecule has 1 amide bonds. The summed E-state index contributed by atoms with van der Waals surface area (Å²) in [7, 11) is 0. The predicted molar refractivity (Wildman–Crippen MR) is 77.6 cm³/mol. The molecule has 0 aliphatic heterocycles. The van der Waals surface area contributed by atoms with Crippen molar-refractivity contribution in [1.29, 1.82) is 0 Å². The first kappa shape index (κ1) is 16.0. The summed E-state index contributed by atoms with van der Waals surface area (Å²) in [6.45, 7) is 3.84. The zero-order chi connectivity index (χ0) is 14.6. The summed E-state index contributed by atoms with van der Waals surface area (Å²) in [6, 6.07) is 5.00. The zero-order valence-corrected chi connectivity index (χ0v) is 13.0. The lowest BCUT2D eigenvalue weighted by Gasteiger charge is -2.26. The summed E-state index contributed by atoms with van der Waals surface area (Å²) < 4.78 is 0.641. The van der Waals surface area contributed by atoms with Gasteiger partial charge in [-0.15, -0.1) is 0 Å². The third kappa shape index (κ3) is 4.21. The lowest BCUT2D eigenvalue weighted by Crippen LogP contribution is -2.38. The molecule has 0 fully saturated rings. The molecule has 0 radical (unpaired) electrons. The van der Waals surface area contributed by atoms with Gasteiger partial charge in [0.05, 0.1) is 17.0 Å². The molecule has 19 heavy (non-hydrogen) atoms. The van der Waals surface area contributed by atoms with E-state index in [1.807, 2.05) is 13.8 Å². The molecule has 0 atom stereocenters. The molecule has 0 saturated heterocycles. The maximum absolute atomic E-state index is 12.4. The van der Waals surface area contributed by atoms with E-state index in [0.29, 0.717) is 15.1 Å². The van der Waals surface area contributed by atoms with Gasteiger partial charge in [-0.1, -0.05) is 17.7 Å². The second-order valence-electron chi connectivity index (χ2n) is 4.34. The third-order valence-corrected chi connectivity index (χ3v) is 3.93. The number of amides is 1. The molecular weight excluding hydrogens is 334 g/mol. The maximum atomic E-state index is 12.4. The second kappa shape index (κ2) is 6.91. The minimum absolute atomic E-state index is 0.0878. The Morgan fingerprint density at radius 2 is 2.05 bits per heavy atom. The first-order valence-corrected chi connectivity index (χ1v) is 6.98. The number of aliphatic carboxylic acids is 1. The summed E-state index contributed by atoms with van der Waals surface area (Å²) >= 11 is 9.35. The number of carbonyl (C=O) groups is 2. The highest BCUT2D eigenvalue weighted by Crippen LogP contribution is 2.27. The minimum Gasteiger partial charge on any atom is -0.481 e. The Balaban J connectivity index is 2.99. The Kier molecular flexibility index (Phi) is 5.82. The van der Waals surface area contributed by atoms with Crippen molar-refractivity contribution in [2.24, 2.45) is 0 Å². The average Bonchev–Trinajstić information content (AvgIpc) is 2.31. The molecule has 0 heterocycles. The molecule has 0 saturated carbocycles. The summed E-state index contributed by atoms with van der Waals surface area (Å²) in [4.78, 5) is 24.5. The Morgan fingerprint density at radius 3 is 2.58 bits per heavy atom. The van der Waals surface area contributed by atoms with E-state index in [2.05, 4.69) is 15.9 Å². The summed E-state index contributed by atoms with van der Waals surface area (Å²) in [5.74, 6) is -1.19. The van der Waals surface area contributed by atoms with E-state index in [1.54, 1.807) is 18.2 Å². The van der Waals surface area contributed by atoms with Crippen molar-refractivity contribution >= 4 is 39.4 Å². The van der Waals surface area contributed by atoms with Gasteiger partial charge in [-0.2, -0.15) is 0 Å². The number of halogens is 2. The summed E-state index contributed by atoms with van der Waals surface area (Å²) in [5, 5.41) is 9.06. The number of hydrogen-bond acceptors (Lipinski definition) is 2. The molecule has 4 nitrogen and oxygen atoms in total. The highest BCUT2D eigenvalue weighted by molar-refractivity contribution is 9.10. The van der Waals surface area contributed by atoms with Crippen LogP contribution in [-0.4, -0.2) is 34.5 Å². The molecule has 1 aromatic carbocycles. The van der Waals surface area contributed by atoms with Crippen LogP contribution in [-0.2, 0) is 4.79 Å². The van der Waals surface area contributed by atoms with Gasteiger partial charge >= 0.3 is 5.97 Å². The molecular formula is C13H15BrClNO3. The number of carboxylic acids is 1. The molecule has 1 rings (SSSR count). The van der Waals surface area contributed by atoms with E-state index in [9.17, 15) is 9.59 Å². The van der Waals surface area contributed by atoms with Gasteiger partial charge in [0, 0.05) is 17.1 Å². The van der Waals surface area contributed by atoms with Gasteiger partial charge in [0.1, 0.15) is 0 Å². The molecule has 0 aliphatic rings. The van der Waals surface area contributed by atoms with Crippen LogP contribution in [0.5, 0.6) is 0 Å². The second-order valence-corrected chi connectivity index (χ2v) is 5.57. The number of carbonyl (C=O) groups excluding carboxylic acids is 1. The lowest BCUT2D eigenvalue weighted by atomic mass is 10.1. The maximum Gasteiger partial charge on any atom is 0.305 e. The van der Waals surface area contributed by atoms with Crippen molar-refractivity contribution in [2.75, 3.05) is 6.54 Å². The van der Waals surface area contributed by atoms with Crippen LogP contribution in [0.25, 0.3) is 0 Å². The van der Waals surface area contributed by atoms with E-state index in [4.69, 9.17) is 16.7 Å². The standard InChI is InChI=1S/C13H15BrClNO3/c1-8(2)16(7-6-11(17)18)13(19)9-4-3-5-10(14)12(9)15/h3-5,8H,6-7H2,1-2H3,(H,17,18). The van der Waals surface area contributed by atoms with E-state index in [-0.39, 0.29) is 24.9 Å². The van der Waals surface area contributed by atoms with Crippen LogP contribution in [0.4, 0.5) is 0 Å². The number of carboxylic acid groups (broad SMARTS) is 1. The molecule has 0 aliphatic carbocycles. The van der Waals surface area contributed by atoms with Crippen LogP contribution < -0.4 is 0 Å². The molecule has 6 heteroatoms. The van der Waals surface area contributed by atoms with Crippen molar-refractivity contribution in [3.63, 3.8) is 0 Å². The Bertz CT molecular complexity index is 491. The molecule has 0 spiro atoms. The monoisotopic (exact) mass is 347 g/mol. The third-order valence-electron chi connectivity index (χ3n) is 2.63. The van der Waals surface area contributed by atoms with E-state index in [1.165, 1.54) is 4.90 Å². The van der Waals surface area contributed by atoms with Gasteiger partial charge in [-0.05, 0) is 41.9 Å². The van der Waals surface area contributed by atoms with E-state index < -0.39 is 5.97 Å².